The Morgan fingerprint density at radius 1 is 1.10 bits per heavy atom. The quantitative estimate of drug-likeness (QED) is 0.540. The van der Waals surface area contributed by atoms with E-state index in [1.807, 2.05) is 63.4 Å². The Kier molecular flexibility index (Phi) is 5.89. The van der Waals surface area contributed by atoms with E-state index in [-0.39, 0.29) is 23.7 Å². The highest BCUT2D eigenvalue weighted by Gasteiger charge is 2.46. The summed E-state index contributed by atoms with van der Waals surface area (Å²) in [6.07, 6.45) is 0.742. The molecule has 0 spiro atoms. The number of rotatable bonds is 7. The molecule has 6 heteroatoms. The van der Waals surface area contributed by atoms with Crippen molar-refractivity contribution in [1.29, 1.82) is 0 Å². The van der Waals surface area contributed by atoms with E-state index in [0.29, 0.717) is 18.8 Å². The van der Waals surface area contributed by atoms with Gasteiger partial charge in [0.15, 0.2) is 5.69 Å². The van der Waals surface area contributed by atoms with Crippen molar-refractivity contribution in [2.75, 3.05) is 18.1 Å². The van der Waals surface area contributed by atoms with Crippen LogP contribution >= 0.6 is 0 Å². The molecule has 1 amide bonds. The van der Waals surface area contributed by atoms with Crippen molar-refractivity contribution in [2.45, 2.75) is 20.3 Å². The summed E-state index contributed by atoms with van der Waals surface area (Å²) in [6.45, 7) is 4.56. The highest BCUT2D eigenvalue weighted by atomic mass is 16.5. The number of aromatic nitrogens is 2. The van der Waals surface area contributed by atoms with Crippen LogP contribution in [-0.4, -0.2) is 34.8 Å². The molecule has 31 heavy (non-hydrogen) atoms. The summed E-state index contributed by atoms with van der Waals surface area (Å²) in [7, 11) is 1.82. The predicted molar refractivity (Wildman–Crippen MR) is 120 cm³/mol. The minimum Gasteiger partial charge on any atom is -0.466 e. The van der Waals surface area contributed by atoms with Gasteiger partial charge in [0.1, 0.15) is 0 Å². The standard InChI is InChI=1S/C25H27N3O3/c1-4-31-25(30)22-15-20(22)16-28(24(29)23-14-17(2)27(3)26-23)21-12-10-19(11-13-21)18-8-6-5-7-9-18/h5-14,20,22H,4,15-16H2,1-3H3. The first kappa shape index (κ1) is 20.8. The Labute approximate surface area is 182 Å². The minimum absolute atomic E-state index is 0.0987. The van der Waals surface area contributed by atoms with Gasteiger partial charge in [-0.15, -0.1) is 0 Å². The number of hydrogen-bond donors (Lipinski definition) is 0. The van der Waals surface area contributed by atoms with Gasteiger partial charge in [-0.05, 0) is 55.5 Å². The SMILES string of the molecule is CCOC(=O)C1CC1CN(C(=O)c1cc(C)n(C)n1)c1ccc(-c2ccccc2)cc1. The van der Waals surface area contributed by atoms with Gasteiger partial charge in [-0.1, -0.05) is 42.5 Å². The lowest BCUT2D eigenvalue weighted by atomic mass is 10.1. The van der Waals surface area contributed by atoms with Crippen LogP contribution in [0.15, 0.2) is 60.7 Å². The van der Waals surface area contributed by atoms with E-state index in [2.05, 4.69) is 17.2 Å². The van der Waals surface area contributed by atoms with Gasteiger partial charge in [-0.25, -0.2) is 0 Å². The fourth-order valence-electron chi connectivity index (χ4n) is 3.80. The summed E-state index contributed by atoms with van der Waals surface area (Å²) < 4.78 is 6.85. The summed E-state index contributed by atoms with van der Waals surface area (Å²) in [6, 6.07) is 19.9. The fraction of sp³-hybridized carbons (Fsp3) is 0.320. The maximum Gasteiger partial charge on any atom is 0.309 e. The average molecular weight is 418 g/mol. The molecule has 0 N–H and O–H groups in total. The largest absolute Gasteiger partial charge is 0.466 e. The summed E-state index contributed by atoms with van der Waals surface area (Å²) in [5, 5.41) is 4.37. The first-order chi connectivity index (χ1) is 15.0. The van der Waals surface area contributed by atoms with Crippen LogP contribution in [0.2, 0.25) is 0 Å². The first-order valence-corrected chi connectivity index (χ1v) is 10.6. The van der Waals surface area contributed by atoms with Crippen LogP contribution in [0, 0.1) is 18.8 Å². The summed E-state index contributed by atoms with van der Waals surface area (Å²) >= 11 is 0. The van der Waals surface area contributed by atoms with Crippen molar-refractivity contribution in [3.05, 3.63) is 72.1 Å². The van der Waals surface area contributed by atoms with Crippen molar-refractivity contribution in [3.8, 4) is 11.1 Å². The molecule has 1 aliphatic carbocycles. The zero-order valence-corrected chi connectivity index (χ0v) is 18.1. The van der Waals surface area contributed by atoms with E-state index < -0.39 is 0 Å². The molecule has 0 saturated heterocycles. The van der Waals surface area contributed by atoms with Crippen LogP contribution in [0.3, 0.4) is 0 Å². The molecule has 160 valence electrons. The fourth-order valence-corrected chi connectivity index (χ4v) is 3.80. The third-order valence-electron chi connectivity index (χ3n) is 5.79. The van der Waals surface area contributed by atoms with Gasteiger partial charge in [0.05, 0.1) is 12.5 Å². The van der Waals surface area contributed by atoms with Crippen LogP contribution in [0.5, 0.6) is 0 Å². The van der Waals surface area contributed by atoms with Crippen molar-refractivity contribution < 1.29 is 14.3 Å². The molecule has 0 aliphatic heterocycles. The number of carbonyl (C=O) groups is 2. The molecule has 1 heterocycles. The van der Waals surface area contributed by atoms with Crippen LogP contribution in [0.4, 0.5) is 5.69 Å². The van der Waals surface area contributed by atoms with E-state index in [0.717, 1.165) is 28.9 Å². The van der Waals surface area contributed by atoms with Gasteiger partial charge in [0.25, 0.3) is 5.91 Å². The second-order valence-corrected chi connectivity index (χ2v) is 7.98. The Balaban J connectivity index is 1.59. The molecule has 2 unspecified atom stereocenters. The van der Waals surface area contributed by atoms with E-state index >= 15 is 0 Å². The maximum absolute atomic E-state index is 13.4. The number of carbonyl (C=O) groups excluding carboxylic acids is 2. The van der Waals surface area contributed by atoms with E-state index in [4.69, 9.17) is 4.74 Å². The molecule has 3 aromatic rings. The van der Waals surface area contributed by atoms with E-state index in [1.54, 1.807) is 15.6 Å². The van der Waals surface area contributed by atoms with Gasteiger partial charge in [-0.2, -0.15) is 5.10 Å². The molecule has 2 aromatic carbocycles. The Hall–Kier alpha value is -3.41. The second kappa shape index (κ2) is 8.76. The van der Waals surface area contributed by atoms with Crippen molar-refractivity contribution in [2.24, 2.45) is 18.9 Å². The normalized spacial score (nSPS) is 17.3. The molecule has 2 atom stereocenters. The highest BCUT2D eigenvalue weighted by molar-refractivity contribution is 6.05. The van der Waals surface area contributed by atoms with Crippen LogP contribution < -0.4 is 4.90 Å². The number of benzene rings is 2. The third-order valence-corrected chi connectivity index (χ3v) is 5.79. The number of ether oxygens (including phenoxy) is 1. The molecule has 0 radical (unpaired) electrons. The molecule has 0 bridgehead atoms. The predicted octanol–water partition coefficient (Wildman–Crippen LogP) is 4.24. The second-order valence-electron chi connectivity index (χ2n) is 7.98. The van der Waals surface area contributed by atoms with Crippen LogP contribution in [0.1, 0.15) is 29.5 Å². The monoisotopic (exact) mass is 417 g/mol. The molecule has 6 nitrogen and oxygen atoms in total. The number of amides is 1. The molecule has 1 aromatic heterocycles. The van der Waals surface area contributed by atoms with Gasteiger partial charge in [-0.3, -0.25) is 14.3 Å². The summed E-state index contributed by atoms with van der Waals surface area (Å²) in [5.74, 6) is -0.371. The van der Waals surface area contributed by atoms with Crippen molar-refractivity contribution >= 4 is 17.6 Å². The number of hydrogen-bond acceptors (Lipinski definition) is 4. The lowest BCUT2D eigenvalue weighted by molar-refractivity contribution is -0.145. The lowest BCUT2D eigenvalue weighted by Crippen LogP contribution is -2.34. The topological polar surface area (TPSA) is 64.4 Å². The molecule has 1 saturated carbocycles. The molecule has 4 rings (SSSR count). The van der Waals surface area contributed by atoms with Gasteiger partial charge in [0, 0.05) is 25.0 Å². The Morgan fingerprint density at radius 3 is 2.39 bits per heavy atom. The van der Waals surface area contributed by atoms with Crippen molar-refractivity contribution in [3.63, 3.8) is 0 Å². The summed E-state index contributed by atoms with van der Waals surface area (Å²) in [5.41, 5.74) is 4.32. The highest BCUT2D eigenvalue weighted by Crippen LogP contribution is 2.41. The maximum atomic E-state index is 13.4. The molecular weight excluding hydrogens is 390 g/mol. The van der Waals surface area contributed by atoms with E-state index in [1.165, 1.54) is 0 Å². The number of nitrogens with zero attached hydrogens (tertiary/aromatic N) is 3. The Morgan fingerprint density at radius 2 is 1.77 bits per heavy atom. The molecule has 1 fully saturated rings. The Bertz CT molecular complexity index is 1050. The third kappa shape index (κ3) is 4.53. The summed E-state index contributed by atoms with van der Waals surface area (Å²) in [4.78, 5) is 27.2. The van der Waals surface area contributed by atoms with Crippen LogP contribution in [0.25, 0.3) is 11.1 Å². The zero-order valence-electron chi connectivity index (χ0n) is 18.1. The van der Waals surface area contributed by atoms with Gasteiger partial charge >= 0.3 is 5.97 Å². The minimum atomic E-state index is -0.173. The van der Waals surface area contributed by atoms with Crippen LogP contribution in [-0.2, 0) is 16.6 Å². The number of aryl methyl sites for hydroxylation is 2. The lowest BCUT2D eigenvalue weighted by Gasteiger charge is -2.22. The van der Waals surface area contributed by atoms with E-state index in [9.17, 15) is 9.59 Å². The first-order valence-electron chi connectivity index (χ1n) is 10.6. The zero-order chi connectivity index (χ0) is 22.0. The molecule has 1 aliphatic rings. The van der Waals surface area contributed by atoms with Crippen molar-refractivity contribution in [1.82, 2.24) is 9.78 Å². The smallest absolute Gasteiger partial charge is 0.309 e. The average Bonchev–Trinajstić information content (AvgIpc) is 3.49. The van der Waals surface area contributed by atoms with Gasteiger partial charge < -0.3 is 9.64 Å². The molecular formula is C25H27N3O3. The van der Waals surface area contributed by atoms with Gasteiger partial charge in [0.2, 0.25) is 0 Å². The number of anilines is 1. The number of esters is 1.